The van der Waals surface area contributed by atoms with E-state index < -0.39 is 0 Å². The van der Waals surface area contributed by atoms with Crippen LogP contribution in [0, 0.1) is 5.92 Å². The summed E-state index contributed by atoms with van der Waals surface area (Å²) in [7, 11) is 1.84. The van der Waals surface area contributed by atoms with E-state index in [9.17, 15) is 0 Å². The number of hydrogen-bond donors (Lipinski definition) is 0. The lowest BCUT2D eigenvalue weighted by atomic mass is 9.86. The van der Waals surface area contributed by atoms with E-state index in [1.165, 1.54) is 57.5 Å². The number of benzene rings is 1. The largest absolute Gasteiger partial charge is 0.381 e. The zero-order valence-corrected chi connectivity index (χ0v) is 16.1. The van der Waals surface area contributed by atoms with Crippen molar-refractivity contribution in [2.45, 2.75) is 58.6 Å². The van der Waals surface area contributed by atoms with Crippen LogP contribution in [0.25, 0.3) is 0 Å². The third-order valence-electron chi connectivity index (χ3n) is 5.55. The van der Waals surface area contributed by atoms with Crippen molar-refractivity contribution in [3.05, 3.63) is 30.3 Å². The van der Waals surface area contributed by atoms with Crippen LogP contribution in [0.15, 0.2) is 30.3 Å². The Morgan fingerprint density at radius 1 is 1.08 bits per heavy atom. The van der Waals surface area contributed by atoms with Crippen LogP contribution >= 0.6 is 0 Å². The summed E-state index contributed by atoms with van der Waals surface area (Å²) in [5.74, 6) is 0.863. The molecule has 1 heterocycles. The number of methoxy groups -OCH3 is 1. The van der Waals surface area contributed by atoms with Gasteiger partial charge in [-0.05, 0) is 50.3 Å². The Hall–Kier alpha value is -1.06. The third-order valence-corrected chi connectivity index (χ3v) is 5.55. The average Bonchev–Trinajstić information content (AvgIpc) is 2.63. The molecular formula is C21H36N2O. The van der Waals surface area contributed by atoms with Gasteiger partial charge < -0.3 is 14.5 Å². The molecule has 1 aliphatic heterocycles. The van der Waals surface area contributed by atoms with Gasteiger partial charge in [0.15, 0.2) is 0 Å². The highest BCUT2D eigenvalue weighted by atomic mass is 16.5. The molecule has 0 spiro atoms. The molecule has 0 radical (unpaired) electrons. The number of nitrogens with zero attached hydrogens (tertiary/aromatic N) is 2. The molecule has 1 aromatic carbocycles. The predicted molar refractivity (Wildman–Crippen MR) is 104 cm³/mol. The Morgan fingerprint density at radius 3 is 2.25 bits per heavy atom. The highest BCUT2D eigenvalue weighted by Gasteiger charge is 2.34. The summed E-state index contributed by atoms with van der Waals surface area (Å²) >= 11 is 0. The molecule has 0 N–H and O–H groups in total. The quantitative estimate of drug-likeness (QED) is 0.766. The molecular weight excluding hydrogens is 296 g/mol. The maximum atomic E-state index is 5.43. The second-order valence-electron chi connectivity index (χ2n) is 6.84. The molecule has 1 saturated heterocycles. The van der Waals surface area contributed by atoms with Gasteiger partial charge in [-0.2, -0.15) is 0 Å². The van der Waals surface area contributed by atoms with Gasteiger partial charge in [0.25, 0.3) is 0 Å². The zero-order valence-electron chi connectivity index (χ0n) is 16.1. The Bertz CT molecular complexity index is 436. The van der Waals surface area contributed by atoms with E-state index in [2.05, 4.69) is 47.1 Å². The fourth-order valence-electron chi connectivity index (χ4n) is 3.91. The van der Waals surface area contributed by atoms with E-state index in [1.807, 2.05) is 21.0 Å². The monoisotopic (exact) mass is 332 g/mol. The first-order valence-electron chi connectivity index (χ1n) is 9.87. The van der Waals surface area contributed by atoms with Crippen molar-refractivity contribution < 1.29 is 4.74 Å². The van der Waals surface area contributed by atoms with Crippen molar-refractivity contribution in [2.75, 3.05) is 38.2 Å². The molecule has 0 aromatic heterocycles. The summed E-state index contributed by atoms with van der Waals surface area (Å²) in [5.41, 5.74) is 1.38. The molecule has 3 rings (SSSR count). The number of hydrogen-bond acceptors (Lipinski definition) is 3. The van der Waals surface area contributed by atoms with Crippen LogP contribution in [-0.2, 0) is 4.74 Å². The number of rotatable bonds is 6. The Labute approximate surface area is 149 Å². The van der Waals surface area contributed by atoms with Crippen LogP contribution in [-0.4, -0.2) is 50.3 Å². The van der Waals surface area contributed by atoms with Gasteiger partial charge in [-0.15, -0.1) is 0 Å². The molecule has 2 aliphatic rings. The van der Waals surface area contributed by atoms with Crippen LogP contribution in [0.5, 0.6) is 0 Å². The summed E-state index contributed by atoms with van der Waals surface area (Å²) < 4.78 is 5.43. The van der Waals surface area contributed by atoms with Gasteiger partial charge in [0.05, 0.1) is 6.10 Å². The van der Waals surface area contributed by atoms with Crippen LogP contribution in [0.1, 0.15) is 46.5 Å². The van der Waals surface area contributed by atoms with Gasteiger partial charge in [-0.25, -0.2) is 0 Å². The molecule has 136 valence electrons. The first-order valence-corrected chi connectivity index (χ1v) is 9.87. The number of para-hydroxylation sites is 1. The second-order valence-corrected chi connectivity index (χ2v) is 6.84. The van der Waals surface area contributed by atoms with Gasteiger partial charge >= 0.3 is 0 Å². The van der Waals surface area contributed by atoms with E-state index in [-0.39, 0.29) is 0 Å². The molecule has 0 bridgehead atoms. The summed E-state index contributed by atoms with van der Waals surface area (Å²) in [6, 6.07) is 11.6. The highest BCUT2D eigenvalue weighted by molar-refractivity contribution is 5.46. The lowest BCUT2D eigenvalue weighted by molar-refractivity contribution is -0.0306. The minimum atomic E-state index is 0.513. The molecule has 0 amide bonds. The number of ether oxygens (including phenoxy) is 1. The van der Waals surface area contributed by atoms with Crippen molar-refractivity contribution in [1.82, 2.24) is 4.90 Å². The predicted octanol–water partition coefficient (Wildman–Crippen LogP) is 4.43. The van der Waals surface area contributed by atoms with Gasteiger partial charge in [0.1, 0.15) is 0 Å². The van der Waals surface area contributed by atoms with Crippen molar-refractivity contribution >= 4 is 5.69 Å². The normalized spacial score (nSPS) is 24.3. The van der Waals surface area contributed by atoms with E-state index in [4.69, 9.17) is 4.74 Å². The minimum absolute atomic E-state index is 0.513. The summed E-state index contributed by atoms with van der Waals surface area (Å²) in [4.78, 5) is 5.23. The summed E-state index contributed by atoms with van der Waals surface area (Å²) in [6.45, 7) is 11.2. The topological polar surface area (TPSA) is 15.7 Å². The van der Waals surface area contributed by atoms with Gasteiger partial charge in [0.2, 0.25) is 0 Å². The standard InChI is InChI=1S/C19H30N2O.C2H6/c1-3-20(18-13-19(14-18)22-2)15-16-9-11-21(12-10-16)17-7-5-4-6-8-17;1-2/h4-8,16,18-19H,3,9-15H2,1-2H3;1-2H3. The molecule has 1 aromatic rings. The molecule has 0 atom stereocenters. The molecule has 3 heteroatoms. The second kappa shape index (κ2) is 10.0. The number of anilines is 1. The maximum absolute atomic E-state index is 5.43. The van der Waals surface area contributed by atoms with E-state index in [0.717, 1.165) is 12.0 Å². The SMILES string of the molecule is CC.CCN(CC1CCN(c2ccccc2)CC1)C1CC(OC)C1. The van der Waals surface area contributed by atoms with Crippen LogP contribution in [0.4, 0.5) is 5.69 Å². The summed E-state index contributed by atoms with van der Waals surface area (Å²) in [5, 5.41) is 0. The Kier molecular flexibility index (Phi) is 8.07. The smallest absolute Gasteiger partial charge is 0.0601 e. The van der Waals surface area contributed by atoms with Crippen molar-refractivity contribution in [3.63, 3.8) is 0 Å². The van der Waals surface area contributed by atoms with Gasteiger partial charge in [-0.1, -0.05) is 39.0 Å². The number of piperidine rings is 1. The molecule has 1 aliphatic carbocycles. The van der Waals surface area contributed by atoms with Crippen molar-refractivity contribution in [1.29, 1.82) is 0 Å². The fourth-order valence-corrected chi connectivity index (χ4v) is 3.91. The summed E-state index contributed by atoms with van der Waals surface area (Å²) in [6.07, 6.45) is 5.62. The third kappa shape index (κ3) is 4.97. The minimum Gasteiger partial charge on any atom is -0.381 e. The Morgan fingerprint density at radius 2 is 1.71 bits per heavy atom. The van der Waals surface area contributed by atoms with Crippen molar-refractivity contribution in [3.8, 4) is 0 Å². The van der Waals surface area contributed by atoms with Crippen molar-refractivity contribution in [2.24, 2.45) is 5.92 Å². The van der Waals surface area contributed by atoms with Gasteiger partial charge in [0, 0.05) is 38.5 Å². The van der Waals surface area contributed by atoms with E-state index >= 15 is 0 Å². The molecule has 0 unspecified atom stereocenters. The molecule has 1 saturated carbocycles. The molecule has 24 heavy (non-hydrogen) atoms. The van der Waals surface area contributed by atoms with E-state index in [1.54, 1.807) is 0 Å². The first-order chi connectivity index (χ1) is 11.8. The maximum Gasteiger partial charge on any atom is 0.0601 e. The fraction of sp³-hybridized carbons (Fsp3) is 0.714. The average molecular weight is 333 g/mol. The van der Waals surface area contributed by atoms with Crippen LogP contribution < -0.4 is 4.90 Å². The van der Waals surface area contributed by atoms with Crippen LogP contribution in [0.2, 0.25) is 0 Å². The lowest BCUT2D eigenvalue weighted by Crippen LogP contribution is -2.50. The first kappa shape index (κ1) is 19.3. The lowest BCUT2D eigenvalue weighted by Gasteiger charge is -2.44. The molecule has 2 fully saturated rings. The van der Waals surface area contributed by atoms with Gasteiger partial charge in [-0.3, -0.25) is 0 Å². The van der Waals surface area contributed by atoms with E-state index in [0.29, 0.717) is 6.10 Å². The Balaban J connectivity index is 0.00000100. The zero-order chi connectivity index (χ0) is 17.4. The molecule has 3 nitrogen and oxygen atoms in total. The van der Waals surface area contributed by atoms with Crippen LogP contribution in [0.3, 0.4) is 0 Å². The highest BCUT2D eigenvalue weighted by Crippen LogP contribution is 2.30.